The Bertz CT molecular complexity index is 964. The zero-order valence-electron chi connectivity index (χ0n) is 16.5. The van der Waals surface area contributed by atoms with Crippen molar-refractivity contribution in [3.05, 3.63) is 52.7 Å². The molecule has 1 aliphatic rings. The first-order valence-corrected chi connectivity index (χ1v) is 9.05. The van der Waals surface area contributed by atoms with Crippen molar-refractivity contribution in [1.82, 2.24) is 5.32 Å². The van der Waals surface area contributed by atoms with Gasteiger partial charge in [-0.15, -0.1) is 0 Å². The van der Waals surface area contributed by atoms with Gasteiger partial charge in [-0.3, -0.25) is 9.69 Å². The average Bonchev–Trinajstić information content (AvgIpc) is 2.95. The second-order valence-corrected chi connectivity index (χ2v) is 6.70. The van der Waals surface area contributed by atoms with Crippen LogP contribution in [0.3, 0.4) is 0 Å². The van der Waals surface area contributed by atoms with Gasteiger partial charge in [-0.2, -0.15) is 0 Å². The lowest BCUT2D eigenvalue weighted by Crippen LogP contribution is -2.31. The highest BCUT2D eigenvalue weighted by Crippen LogP contribution is 2.36. The first-order chi connectivity index (χ1) is 13.4. The fourth-order valence-electron chi connectivity index (χ4n) is 3.22. The molecule has 1 amide bonds. The number of amides is 1. The molecule has 1 saturated heterocycles. The molecule has 1 aliphatic heterocycles. The minimum absolute atomic E-state index is 0.223. The van der Waals surface area contributed by atoms with E-state index in [4.69, 9.17) is 26.4 Å². The molecule has 0 spiro atoms. The van der Waals surface area contributed by atoms with Gasteiger partial charge in [0.25, 0.3) is 5.91 Å². The number of nitrogens with zero attached hydrogens (tertiary/aromatic N) is 1. The van der Waals surface area contributed by atoms with Gasteiger partial charge in [0.05, 0.1) is 27.0 Å². The number of hydrogen-bond donors (Lipinski definition) is 1. The molecule has 2 aromatic carbocycles. The Morgan fingerprint density at radius 3 is 2.11 bits per heavy atom. The van der Waals surface area contributed by atoms with Crippen molar-refractivity contribution < 1.29 is 19.0 Å². The number of ether oxygens (including phenoxy) is 3. The van der Waals surface area contributed by atoms with Crippen LogP contribution in [0.15, 0.2) is 36.0 Å². The van der Waals surface area contributed by atoms with E-state index in [0.29, 0.717) is 33.6 Å². The van der Waals surface area contributed by atoms with Crippen molar-refractivity contribution in [1.29, 1.82) is 0 Å². The molecule has 1 heterocycles. The lowest BCUT2D eigenvalue weighted by molar-refractivity contribution is -0.113. The number of nitrogens with one attached hydrogen (secondary N) is 1. The lowest BCUT2D eigenvalue weighted by atomic mass is 10.1. The highest BCUT2D eigenvalue weighted by Gasteiger charge is 2.34. The van der Waals surface area contributed by atoms with Crippen molar-refractivity contribution in [3.8, 4) is 17.2 Å². The summed E-state index contributed by atoms with van der Waals surface area (Å²) in [5.41, 5.74) is 3.78. The summed E-state index contributed by atoms with van der Waals surface area (Å²) in [7, 11) is 4.66. The van der Waals surface area contributed by atoms with Crippen LogP contribution in [0, 0.1) is 13.8 Å². The molecule has 6 nitrogen and oxygen atoms in total. The normalized spacial score (nSPS) is 15.0. The number of benzene rings is 2. The standard InChI is InChI=1S/C21H22N2O4S/c1-12-7-6-8-13(2)19(12)23-20(24)15(22-21(23)28)9-14-10-17(26-4)18(27-5)11-16(14)25-3/h6-11H,1-5H3,(H,22,28)/b15-9-. The van der Waals surface area contributed by atoms with Crippen LogP contribution in [0.1, 0.15) is 16.7 Å². The number of anilines is 1. The summed E-state index contributed by atoms with van der Waals surface area (Å²) < 4.78 is 16.1. The summed E-state index contributed by atoms with van der Waals surface area (Å²) >= 11 is 5.44. The summed E-state index contributed by atoms with van der Waals surface area (Å²) in [6, 6.07) is 9.33. The van der Waals surface area contributed by atoms with Gasteiger partial charge in [-0.05, 0) is 49.3 Å². The summed E-state index contributed by atoms with van der Waals surface area (Å²) in [6.07, 6.45) is 1.70. The van der Waals surface area contributed by atoms with Crippen LogP contribution < -0.4 is 24.4 Å². The van der Waals surface area contributed by atoms with Gasteiger partial charge >= 0.3 is 0 Å². The minimum Gasteiger partial charge on any atom is -0.496 e. The number of hydrogen-bond acceptors (Lipinski definition) is 5. The highest BCUT2D eigenvalue weighted by atomic mass is 32.1. The third-order valence-corrected chi connectivity index (χ3v) is 4.86. The Kier molecular flexibility index (Phi) is 5.56. The van der Waals surface area contributed by atoms with Crippen LogP contribution >= 0.6 is 12.2 Å². The van der Waals surface area contributed by atoms with Crippen molar-refractivity contribution in [2.75, 3.05) is 26.2 Å². The third-order valence-electron chi connectivity index (χ3n) is 4.58. The Morgan fingerprint density at radius 2 is 1.54 bits per heavy atom. The molecule has 0 aliphatic carbocycles. The van der Waals surface area contributed by atoms with Crippen LogP contribution in [-0.2, 0) is 4.79 Å². The molecule has 1 N–H and O–H groups in total. The van der Waals surface area contributed by atoms with Gasteiger partial charge in [0.1, 0.15) is 11.4 Å². The third kappa shape index (κ3) is 3.41. The predicted octanol–water partition coefficient (Wildman–Crippen LogP) is 3.59. The Balaban J connectivity index is 2.05. The molecule has 2 aromatic rings. The molecule has 0 bridgehead atoms. The van der Waals surface area contributed by atoms with E-state index in [1.165, 1.54) is 4.90 Å². The Hall–Kier alpha value is -3.06. The van der Waals surface area contributed by atoms with Crippen LogP contribution in [-0.4, -0.2) is 32.3 Å². The number of aryl methyl sites for hydroxylation is 2. The number of thiocarbonyl (C=S) groups is 1. The summed E-state index contributed by atoms with van der Waals surface area (Å²) in [4.78, 5) is 14.6. The van der Waals surface area contributed by atoms with Gasteiger partial charge in [0.2, 0.25) is 0 Å². The molecule has 1 fully saturated rings. The zero-order valence-corrected chi connectivity index (χ0v) is 17.3. The maximum absolute atomic E-state index is 13.1. The Labute approximate surface area is 169 Å². The van der Waals surface area contributed by atoms with E-state index in [-0.39, 0.29) is 5.91 Å². The van der Waals surface area contributed by atoms with Gasteiger partial charge in [0.15, 0.2) is 16.6 Å². The predicted molar refractivity (Wildman–Crippen MR) is 113 cm³/mol. The summed E-state index contributed by atoms with van der Waals surface area (Å²) in [6.45, 7) is 3.91. The van der Waals surface area contributed by atoms with E-state index < -0.39 is 0 Å². The fourth-order valence-corrected chi connectivity index (χ4v) is 3.50. The molecular formula is C21H22N2O4S. The smallest absolute Gasteiger partial charge is 0.281 e. The molecule has 146 valence electrons. The van der Waals surface area contributed by atoms with Crippen LogP contribution in [0.4, 0.5) is 5.69 Å². The van der Waals surface area contributed by atoms with E-state index in [9.17, 15) is 4.79 Å². The highest BCUT2D eigenvalue weighted by molar-refractivity contribution is 7.80. The number of rotatable bonds is 5. The van der Waals surface area contributed by atoms with Crippen LogP contribution in [0.2, 0.25) is 0 Å². The quantitative estimate of drug-likeness (QED) is 0.614. The van der Waals surface area contributed by atoms with E-state index in [0.717, 1.165) is 16.8 Å². The topological polar surface area (TPSA) is 60.0 Å². The summed E-state index contributed by atoms with van der Waals surface area (Å²) in [5, 5.41) is 3.35. The van der Waals surface area contributed by atoms with Crippen LogP contribution in [0.5, 0.6) is 17.2 Å². The first kappa shape index (κ1) is 19.7. The molecule has 0 aromatic heterocycles. The van der Waals surface area contributed by atoms with Gasteiger partial charge in [-0.25, -0.2) is 0 Å². The molecule has 0 atom stereocenters. The molecule has 0 saturated carbocycles. The largest absolute Gasteiger partial charge is 0.496 e. The molecule has 28 heavy (non-hydrogen) atoms. The first-order valence-electron chi connectivity index (χ1n) is 8.64. The maximum atomic E-state index is 13.1. The molecule has 3 rings (SSSR count). The Morgan fingerprint density at radius 1 is 0.964 bits per heavy atom. The van der Waals surface area contributed by atoms with E-state index in [1.807, 2.05) is 32.0 Å². The van der Waals surface area contributed by atoms with Crippen molar-refractivity contribution >= 4 is 35.0 Å². The molecular weight excluding hydrogens is 376 g/mol. The van der Waals surface area contributed by atoms with E-state index in [1.54, 1.807) is 39.5 Å². The van der Waals surface area contributed by atoms with Gasteiger partial charge < -0.3 is 19.5 Å². The van der Waals surface area contributed by atoms with Gasteiger partial charge in [0, 0.05) is 11.6 Å². The molecule has 0 unspecified atom stereocenters. The minimum atomic E-state index is -0.223. The van der Waals surface area contributed by atoms with Crippen molar-refractivity contribution in [2.24, 2.45) is 0 Å². The van der Waals surface area contributed by atoms with Crippen molar-refractivity contribution in [2.45, 2.75) is 13.8 Å². The second-order valence-electron chi connectivity index (χ2n) is 6.32. The molecule has 0 radical (unpaired) electrons. The monoisotopic (exact) mass is 398 g/mol. The van der Waals surface area contributed by atoms with E-state index in [2.05, 4.69) is 5.32 Å². The summed E-state index contributed by atoms with van der Waals surface area (Å²) in [5.74, 6) is 1.41. The zero-order chi connectivity index (χ0) is 20.4. The molecule has 7 heteroatoms. The van der Waals surface area contributed by atoms with Crippen molar-refractivity contribution in [3.63, 3.8) is 0 Å². The van der Waals surface area contributed by atoms with Gasteiger partial charge in [-0.1, -0.05) is 18.2 Å². The number of methoxy groups -OCH3 is 3. The maximum Gasteiger partial charge on any atom is 0.281 e. The number of carbonyl (C=O) groups excluding carboxylic acids is 1. The average molecular weight is 398 g/mol. The SMILES string of the molecule is COc1cc(OC)c(OC)cc1/C=C1\NC(=S)N(c2c(C)cccc2C)C1=O. The fraction of sp³-hybridized carbons (Fsp3) is 0.238. The number of para-hydroxylation sites is 1. The van der Waals surface area contributed by atoms with Crippen LogP contribution in [0.25, 0.3) is 6.08 Å². The second kappa shape index (κ2) is 7.90. The lowest BCUT2D eigenvalue weighted by Gasteiger charge is -2.19. The van der Waals surface area contributed by atoms with E-state index >= 15 is 0 Å². The number of carbonyl (C=O) groups is 1.